The first-order valence-corrected chi connectivity index (χ1v) is 8.86. The van der Waals surface area contributed by atoms with Crippen molar-refractivity contribution >= 4 is 10.9 Å². The molecule has 0 N–H and O–H groups in total. The summed E-state index contributed by atoms with van der Waals surface area (Å²) in [6, 6.07) is 15.6. The van der Waals surface area contributed by atoms with Crippen LogP contribution >= 0.6 is 0 Å². The van der Waals surface area contributed by atoms with E-state index >= 15 is 0 Å². The highest BCUT2D eigenvalue weighted by molar-refractivity contribution is 5.81. The summed E-state index contributed by atoms with van der Waals surface area (Å²) in [5.41, 5.74) is 7.82. The summed E-state index contributed by atoms with van der Waals surface area (Å²) in [6.45, 7) is 13.4. The SMILES string of the molecule is Cc1cc(C)cc(-[n+]2[c-]ccc3c(C(C)C)cc(C(C)C)cc32)c1. The smallest absolute Gasteiger partial charge is 0.152 e. The van der Waals surface area contributed by atoms with Gasteiger partial charge in [0, 0.05) is 0 Å². The van der Waals surface area contributed by atoms with E-state index in [0.717, 1.165) is 0 Å². The van der Waals surface area contributed by atoms with Gasteiger partial charge in [0.25, 0.3) is 0 Å². The molecule has 0 atom stereocenters. The average molecular weight is 317 g/mol. The second-order valence-corrected chi connectivity index (χ2v) is 7.50. The Bertz CT molecular complexity index is 868. The van der Waals surface area contributed by atoms with Crippen LogP contribution in [-0.2, 0) is 0 Å². The Labute approximate surface area is 146 Å². The fraction of sp³-hybridized carbons (Fsp3) is 0.348. The van der Waals surface area contributed by atoms with Crippen molar-refractivity contribution in [2.75, 3.05) is 0 Å². The van der Waals surface area contributed by atoms with Gasteiger partial charge in [0.2, 0.25) is 0 Å². The Balaban J connectivity index is 2.37. The predicted molar refractivity (Wildman–Crippen MR) is 102 cm³/mol. The van der Waals surface area contributed by atoms with Crippen LogP contribution in [0.3, 0.4) is 0 Å². The third kappa shape index (κ3) is 3.08. The van der Waals surface area contributed by atoms with Crippen LogP contribution in [0.15, 0.2) is 42.5 Å². The molecule has 0 saturated heterocycles. The second kappa shape index (κ2) is 6.39. The van der Waals surface area contributed by atoms with Gasteiger partial charge >= 0.3 is 0 Å². The summed E-state index contributed by atoms with van der Waals surface area (Å²) in [4.78, 5) is 0. The summed E-state index contributed by atoms with van der Waals surface area (Å²) in [7, 11) is 0. The molecule has 0 saturated carbocycles. The van der Waals surface area contributed by atoms with E-state index in [0.29, 0.717) is 11.8 Å². The van der Waals surface area contributed by atoms with Crippen LogP contribution < -0.4 is 4.57 Å². The number of benzene rings is 2. The largest absolute Gasteiger partial charge is 0.278 e. The van der Waals surface area contributed by atoms with Crippen LogP contribution in [0.2, 0.25) is 0 Å². The molecule has 0 unspecified atom stereocenters. The molecule has 0 bridgehead atoms. The van der Waals surface area contributed by atoms with Crippen molar-refractivity contribution in [3.05, 3.63) is 70.9 Å². The Morgan fingerprint density at radius 2 is 1.50 bits per heavy atom. The van der Waals surface area contributed by atoms with Crippen LogP contribution in [0, 0.1) is 20.0 Å². The monoisotopic (exact) mass is 317 g/mol. The Morgan fingerprint density at radius 3 is 2.08 bits per heavy atom. The number of nitrogens with zero attached hydrogens (tertiary/aromatic N) is 1. The van der Waals surface area contributed by atoms with Gasteiger partial charge in [-0.3, -0.25) is 4.57 Å². The first kappa shape index (κ1) is 16.7. The second-order valence-electron chi connectivity index (χ2n) is 7.50. The highest BCUT2D eigenvalue weighted by Crippen LogP contribution is 2.29. The minimum absolute atomic E-state index is 0.501. The molecule has 0 amide bonds. The Kier molecular flexibility index (Phi) is 4.45. The van der Waals surface area contributed by atoms with Crippen LogP contribution in [0.4, 0.5) is 0 Å². The van der Waals surface area contributed by atoms with Gasteiger partial charge < -0.3 is 0 Å². The molecule has 1 aromatic heterocycles. The standard InChI is InChI=1S/C23H27N/c1-15(2)19-13-22(16(3)4)21-8-7-9-24(23(21)14-19)20-11-17(5)10-18(6)12-20/h7-8,10-16H,1-6H3. The normalized spacial score (nSPS) is 11.7. The lowest BCUT2D eigenvalue weighted by Gasteiger charge is -2.18. The predicted octanol–water partition coefficient (Wildman–Crippen LogP) is 5.78. The molecule has 1 nitrogen and oxygen atoms in total. The van der Waals surface area contributed by atoms with E-state index in [2.05, 4.69) is 88.7 Å². The number of aromatic nitrogens is 1. The molecule has 0 spiro atoms. The van der Waals surface area contributed by atoms with Gasteiger partial charge in [0.15, 0.2) is 6.20 Å². The molecule has 1 heteroatoms. The Hall–Kier alpha value is -2.15. The zero-order valence-corrected chi connectivity index (χ0v) is 15.6. The maximum absolute atomic E-state index is 3.43. The lowest BCUT2D eigenvalue weighted by atomic mass is 9.92. The van der Waals surface area contributed by atoms with Crippen molar-refractivity contribution < 1.29 is 4.57 Å². The molecule has 3 rings (SSSR count). The fourth-order valence-electron chi connectivity index (χ4n) is 3.42. The summed E-state index contributed by atoms with van der Waals surface area (Å²) in [5.74, 6) is 1.01. The van der Waals surface area contributed by atoms with Crippen LogP contribution in [0.5, 0.6) is 0 Å². The van der Waals surface area contributed by atoms with Gasteiger partial charge in [0.05, 0.1) is 0 Å². The zero-order valence-electron chi connectivity index (χ0n) is 15.6. The molecule has 0 aliphatic heterocycles. The summed E-state index contributed by atoms with van der Waals surface area (Å²) >= 11 is 0. The minimum Gasteiger partial charge on any atom is -0.278 e. The lowest BCUT2D eigenvalue weighted by molar-refractivity contribution is -0.571. The number of fused-ring (bicyclic) bond motifs is 1. The number of aryl methyl sites for hydroxylation is 2. The van der Waals surface area contributed by atoms with Gasteiger partial charge in [0.1, 0.15) is 11.2 Å². The van der Waals surface area contributed by atoms with Crippen LogP contribution in [0.1, 0.15) is 61.8 Å². The molecule has 124 valence electrons. The molecular weight excluding hydrogens is 290 g/mol. The minimum atomic E-state index is 0.501. The maximum atomic E-state index is 3.43. The van der Waals surface area contributed by atoms with Crippen molar-refractivity contribution in [3.8, 4) is 5.69 Å². The average Bonchev–Trinajstić information content (AvgIpc) is 2.51. The van der Waals surface area contributed by atoms with Crippen molar-refractivity contribution in [2.45, 2.75) is 53.4 Å². The van der Waals surface area contributed by atoms with Crippen molar-refractivity contribution in [3.63, 3.8) is 0 Å². The van der Waals surface area contributed by atoms with Gasteiger partial charge in [-0.05, 0) is 60.4 Å². The van der Waals surface area contributed by atoms with E-state index in [1.165, 1.54) is 38.8 Å². The van der Waals surface area contributed by atoms with E-state index in [-0.39, 0.29) is 0 Å². The van der Waals surface area contributed by atoms with E-state index in [1.807, 2.05) is 6.07 Å². The summed E-state index contributed by atoms with van der Waals surface area (Å²) in [5, 5.41) is 1.33. The summed E-state index contributed by atoms with van der Waals surface area (Å²) < 4.78 is 2.22. The topological polar surface area (TPSA) is 3.88 Å². The first-order chi connectivity index (χ1) is 11.4. The molecular formula is C23H27N. The lowest BCUT2D eigenvalue weighted by Crippen LogP contribution is -2.32. The van der Waals surface area contributed by atoms with E-state index in [1.54, 1.807) is 0 Å². The molecule has 24 heavy (non-hydrogen) atoms. The summed E-state index contributed by atoms with van der Waals surface area (Å²) in [6.07, 6.45) is 3.43. The third-order valence-electron chi connectivity index (χ3n) is 4.66. The zero-order chi connectivity index (χ0) is 17.4. The molecule has 0 aliphatic rings. The molecule has 2 aromatic carbocycles. The van der Waals surface area contributed by atoms with Gasteiger partial charge in [-0.15, -0.1) is 6.07 Å². The molecule has 0 aliphatic carbocycles. The van der Waals surface area contributed by atoms with Gasteiger partial charge in [-0.25, -0.2) is 0 Å². The van der Waals surface area contributed by atoms with Gasteiger partial charge in [-0.2, -0.15) is 0 Å². The van der Waals surface area contributed by atoms with Gasteiger partial charge in [-0.1, -0.05) is 57.0 Å². The fourth-order valence-corrected chi connectivity index (χ4v) is 3.42. The Morgan fingerprint density at radius 1 is 0.833 bits per heavy atom. The highest BCUT2D eigenvalue weighted by Gasteiger charge is 2.13. The maximum Gasteiger partial charge on any atom is 0.152 e. The molecule has 0 radical (unpaired) electrons. The number of hydrogen-bond donors (Lipinski definition) is 0. The molecule has 0 fully saturated rings. The number of rotatable bonds is 3. The van der Waals surface area contributed by atoms with Crippen LogP contribution in [-0.4, -0.2) is 0 Å². The quantitative estimate of drug-likeness (QED) is 0.426. The van der Waals surface area contributed by atoms with E-state index in [4.69, 9.17) is 0 Å². The molecule has 3 aromatic rings. The van der Waals surface area contributed by atoms with E-state index < -0.39 is 0 Å². The first-order valence-electron chi connectivity index (χ1n) is 8.86. The third-order valence-corrected chi connectivity index (χ3v) is 4.66. The van der Waals surface area contributed by atoms with Crippen molar-refractivity contribution in [1.82, 2.24) is 0 Å². The van der Waals surface area contributed by atoms with Crippen LogP contribution in [0.25, 0.3) is 16.6 Å². The van der Waals surface area contributed by atoms with E-state index in [9.17, 15) is 0 Å². The highest BCUT2D eigenvalue weighted by atomic mass is 15.0. The number of hydrogen-bond acceptors (Lipinski definition) is 0. The van der Waals surface area contributed by atoms with Crippen molar-refractivity contribution in [1.29, 1.82) is 0 Å². The number of pyridine rings is 1. The molecule has 1 heterocycles. The van der Waals surface area contributed by atoms with Crippen molar-refractivity contribution in [2.24, 2.45) is 0 Å².